The molecule has 14 heavy (non-hydrogen) atoms. The van der Waals surface area contributed by atoms with Crippen molar-refractivity contribution >= 4 is 10.8 Å². The molecule has 0 amide bonds. The normalized spacial score (nSPS) is 33.1. The molecule has 3 nitrogen and oxygen atoms in total. The van der Waals surface area contributed by atoms with Gasteiger partial charge in [-0.2, -0.15) is 0 Å². The molecular formula is C10H15NO2S. The molecule has 1 aromatic rings. The van der Waals surface area contributed by atoms with E-state index in [2.05, 4.69) is 12.2 Å². The van der Waals surface area contributed by atoms with Crippen LogP contribution in [0.5, 0.6) is 0 Å². The van der Waals surface area contributed by atoms with Crippen molar-refractivity contribution in [3.05, 3.63) is 24.2 Å². The van der Waals surface area contributed by atoms with Gasteiger partial charge in [0, 0.05) is 40.0 Å². The molecule has 1 aliphatic heterocycles. The standard InChI is InChI=1S/C10H15NO2S/c1-2-9-6-14(12)7-10(11-9)8-3-4-13-5-8/h3-5,9-11H,2,6-7H2,1H3. The summed E-state index contributed by atoms with van der Waals surface area (Å²) in [4.78, 5) is 0. The lowest BCUT2D eigenvalue weighted by Gasteiger charge is -2.29. The van der Waals surface area contributed by atoms with Crippen LogP contribution in [0.3, 0.4) is 0 Å². The van der Waals surface area contributed by atoms with Crippen LogP contribution in [-0.2, 0) is 10.8 Å². The molecule has 78 valence electrons. The number of hydrogen-bond acceptors (Lipinski definition) is 3. The van der Waals surface area contributed by atoms with E-state index in [1.54, 1.807) is 12.5 Å². The van der Waals surface area contributed by atoms with Gasteiger partial charge in [-0.1, -0.05) is 6.92 Å². The first-order valence-corrected chi connectivity index (χ1v) is 6.41. The largest absolute Gasteiger partial charge is 0.472 e. The molecule has 3 unspecified atom stereocenters. The van der Waals surface area contributed by atoms with Gasteiger partial charge in [-0.25, -0.2) is 0 Å². The maximum absolute atomic E-state index is 11.6. The van der Waals surface area contributed by atoms with Crippen molar-refractivity contribution in [3.8, 4) is 0 Å². The van der Waals surface area contributed by atoms with E-state index in [1.165, 1.54) is 0 Å². The summed E-state index contributed by atoms with van der Waals surface area (Å²) in [5, 5.41) is 3.48. The van der Waals surface area contributed by atoms with E-state index in [0.29, 0.717) is 11.8 Å². The first-order chi connectivity index (χ1) is 6.79. The molecule has 3 atom stereocenters. The number of nitrogens with one attached hydrogen (secondary N) is 1. The molecule has 0 aromatic carbocycles. The minimum Gasteiger partial charge on any atom is -0.472 e. The van der Waals surface area contributed by atoms with Crippen LogP contribution in [0.1, 0.15) is 24.9 Å². The third-order valence-electron chi connectivity index (χ3n) is 2.61. The smallest absolute Gasteiger partial charge is 0.0950 e. The Labute approximate surface area is 86.3 Å². The van der Waals surface area contributed by atoms with E-state index in [-0.39, 0.29) is 6.04 Å². The van der Waals surface area contributed by atoms with Crippen molar-refractivity contribution in [2.45, 2.75) is 25.4 Å². The van der Waals surface area contributed by atoms with Crippen molar-refractivity contribution in [2.75, 3.05) is 11.5 Å². The molecule has 4 heteroatoms. The summed E-state index contributed by atoms with van der Waals surface area (Å²) < 4.78 is 16.6. The van der Waals surface area contributed by atoms with Crippen LogP contribution in [0.25, 0.3) is 0 Å². The Bertz CT molecular complexity index is 310. The maximum atomic E-state index is 11.6. The zero-order valence-corrected chi connectivity index (χ0v) is 9.05. The number of rotatable bonds is 2. The summed E-state index contributed by atoms with van der Waals surface area (Å²) in [6.07, 6.45) is 4.42. The molecule has 0 radical (unpaired) electrons. The highest BCUT2D eigenvalue weighted by molar-refractivity contribution is 7.85. The van der Waals surface area contributed by atoms with Gasteiger partial charge >= 0.3 is 0 Å². The van der Waals surface area contributed by atoms with E-state index < -0.39 is 10.8 Å². The highest BCUT2D eigenvalue weighted by atomic mass is 32.2. The van der Waals surface area contributed by atoms with Crippen LogP contribution in [0.15, 0.2) is 23.0 Å². The van der Waals surface area contributed by atoms with Gasteiger partial charge in [0.15, 0.2) is 0 Å². The SMILES string of the molecule is CCC1CS(=O)CC(c2ccoc2)N1. The van der Waals surface area contributed by atoms with E-state index >= 15 is 0 Å². The Balaban J connectivity index is 2.09. The summed E-state index contributed by atoms with van der Waals surface area (Å²) in [6.45, 7) is 2.12. The number of hydrogen-bond donors (Lipinski definition) is 1. The van der Waals surface area contributed by atoms with Gasteiger partial charge in [-0.3, -0.25) is 4.21 Å². The quantitative estimate of drug-likeness (QED) is 0.808. The fourth-order valence-electron chi connectivity index (χ4n) is 1.76. The van der Waals surface area contributed by atoms with Gasteiger partial charge in [-0.05, 0) is 12.5 Å². The van der Waals surface area contributed by atoms with Gasteiger partial charge in [0.1, 0.15) is 0 Å². The van der Waals surface area contributed by atoms with Crippen LogP contribution in [-0.4, -0.2) is 21.8 Å². The summed E-state index contributed by atoms with van der Waals surface area (Å²) in [7, 11) is -0.689. The monoisotopic (exact) mass is 213 g/mol. The second-order valence-electron chi connectivity index (χ2n) is 3.65. The van der Waals surface area contributed by atoms with Crippen LogP contribution in [0.2, 0.25) is 0 Å². The van der Waals surface area contributed by atoms with E-state index in [4.69, 9.17) is 4.42 Å². The Kier molecular flexibility index (Phi) is 3.03. The highest BCUT2D eigenvalue weighted by Gasteiger charge is 2.25. The van der Waals surface area contributed by atoms with Gasteiger partial charge in [-0.15, -0.1) is 0 Å². The first-order valence-electron chi connectivity index (χ1n) is 4.92. The Morgan fingerprint density at radius 1 is 1.64 bits per heavy atom. The Morgan fingerprint density at radius 2 is 2.50 bits per heavy atom. The predicted octanol–water partition coefficient (Wildman–Crippen LogP) is 1.45. The van der Waals surface area contributed by atoms with Crippen LogP contribution >= 0.6 is 0 Å². The van der Waals surface area contributed by atoms with Crippen molar-refractivity contribution in [1.29, 1.82) is 0 Å². The minimum atomic E-state index is -0.689. The molecule has 1 aromatic heterocycles. The van der Waals surface area contributed by atoms with Crippen molar-refractivity contribution in [1.82, 2.24) is 5.32 Å². The van der Waals surface area contributed by atoms with Gasteiger partial charge in [0.05, 0.1) is 12.5 Å². The molecule has 1 saturated heterocycles. The van der Waals surface area contributed by atoms with Crippen molar-refractivity contribution < 1.29 is 8.63 Å². The highest BCUT2D eigenvalue weighted by Crippen LogP contribution is 2.20. The van der Waals surface area contributed by atoms with Gasteiger partial charge in [0.2, 0.25) is 0 Å². The summed E-state index contributed by atoms with van der Waals surface area (Å²) in [5.74, 6) is 1.49. The lowest BCUT2D eigenvalue weighted by molar-refractivity contribution is 0.451. The van der Waals surface area contributed by atoms with E-state index in [1.807, 2.05) is 6.07 Å². The van der Waals surface area contributed by atoms with Gasteiger partial charge < -0.3 is 9.73 Å². The van der Waals surface area contributed by atoms with Gasteiger partial charge in [0.25, 0.3) is 0 Å². The van der Waals surface area contributed by atoms with E-state index in [9.17, 15) is 4.21 Å². The molecule has 2 rings (SSSR count). The molecule has 0 bridgehead atoms. The van der Waals surface area contributed by atoms with E-state index in [0.717, 1.165) is 17.7 Å². The average Bonchev–Trinajstić information content (AvgIpc) is 2.69. The average molecular weight is 213 g/mol. The third-order valence-corrected chi connectivity index (χ3v) is 4.09. The molecule has 2 heterocycles. The van der Waals surface area contributed by atoms with Crippen molar-refractivity contribution in [2.24, 2.45) is 0 Å². The van der Waals surface area contributed by atoms with Crippen molar-refractivity contribution in [3.63, 3.8) is 0 Å². The lowest BCUT2D eigenvalue weighted by Crippen LogP contribution is -2.44. The topological polar surface area (TPSA) is 42.2 Å². The first kappa shape index (κ1) is 9.93. The van der Waals surface area contributed by atoms with Crippen LogP contribution < -0.4 is 5.32 Å². The second-order valence-corrected chi connectivity index (χ2v) is 5.20. The fraction of sp³-hybridized carbons (Fsp3) is 0.600. The third kappa shape index (κ3) is 2.07. The molecule has 1 N–H and O–H groups in total. The molecule has 0 aliphatic carbocycles. The zero-order chi connectivity index (χ0) is 9.97. The summed E-state index contributed by atoms with van der Waals surface area (Å²) in [6, 6.07) is 2.52. The zero-order valence-electron chi connectivity index (χ0n) is 8.23. The summed E-state index contributed by atoms with van der Waals surface area (Å²) >= 11 is 0. The molecule has 1 aliphatic rings. The lowest BCUT2D eigenvalue weighted by atomic mass is 10.1. The molecular weight excluding hydrogens is 198 g/mol. The summed E-state index contributed by atoms with van der Waals surface area (Å²) in [5.41, 5.74) is 1.11. The Hall–Kier alpha value is -0.610. The molecule has 1 fully saturated rings. The van der Waals surface area contributed by atoms with Crippen LogP contribution in [0.4, 0.5) is 0 Å². The maximum Gasteiger partial charge on any atom is 0.0950 e. The fourth-order valence-corrected chi connectivity index (χ4v) is 3.34. The number of furan rings is 1. The molecule has 0 saturated carbocycles. The molecule has 0 spiro atoms. The van der Waals surface area contributed by atoms with Crippen LogP contribution in [0, 0.1) is 0 Å². The Morgan fingerprint density at radius 3 is 3.14 bits per heavy atom. The predicted molar refractivity (Wildman–Crippen MR) is 56.5 cm³/mol. The minimum absolute atomic E-state index is 0.202. The second kappa shape index (κ2) is 4.28.